The normalized spacial score (nSPS) is 19.8. The number of hydrogen-bond donors (Lipinski definition) is 1. The van der Waals surface area contributed by atoms with Crippen LogP contribution in [0.25, 0.3) is 5.76 Å². The fraction of sp³-hybridized carbons (Fsp3) is 0.429. The summed E-state index contributed by atoms with van der Waals surface area (Å²) in [6.07, 6.45) is 0.681. The van der Waals surface area contributed by atoms with Gasteiger partial charge >= 0.3 is 0 Å². The summed E-state index contributed by atoms with van der Waals surface area (Å²) in [6.45, 7) is 6.20. The molecule has 2 aliphatic rings. The lowest BCUT2D eigenvalue weighted by molar-refractivity contribution is -0.908. The molecular formula is C28H34N2O7. The van der Waals surface area contributed by atoms with Gasteiger partial charge in [0.15, 0.2) is 11.5 Å². The number of rotatable bonds is 9. The molecule has 0 bridgehead atoms. The monoisotopic (exact) mass is 510 g/mol. The van der Waals surface area contributed by atoms with Crippen molar-refractivity contribution >= 4 is 17.4 Å². The Balaban J connectivity index is 1.78. The molecule has 2 aromatic rings. The summed E-state index contributed by atoms with van der Waals surface area (Å²) < 4.78 is 21.8. The number of carbonyl (C=O) groups is 2. The Morgan fingerprint density at radius 2 is 1.84 bits per heavy atom. The molecule has 1 unspecified atom stereocenters. The summed E-state index contributed by atoms with van der Waals surface area (Å²) in [7, 11) is 4.57. The quantitative estimate of drug-likeness (QED) is 0.299. The molecule has 1 amide bonds. The number of hydrogen-bond acceptors (Lipinski definition) is 7. The predicted molar refractivity (Wildman–Crippen MR) is 135 cm³/mol. The van der Waals surface area contributed by atoms with E-state index in [2.05, 4.69) is 0 Å². The van der Waals surface area contributed by atoms with Gasteiger partial charge in [-0.15, -0.1) is 0 Å². The molecule has 0 spiro atoms. The molecular weight excluding hydrogens is 476 g/mol. The molecule has 0 radical (unpaired) electrons. The maximum Gasteiger partial charge on any atom is 0.295 e. The highest BCUT2D eigenvalue weighted by molar-refractivity contribution is 6.46. The second kappa shape index (κ2) is 11.7. The van der Waals surface area contributed by atoms with Gasteiger partial charge in [-0.25, -0.2) is 0 Å². The third-order valence-corrected chi connectivity index (χ3v) is 7.06. The smallest absolute Gasteiger partial charge is 0.295 e. The van der Waals surface area contributed by atoms with Crippen LogP contribution in [0.5, 0.6) is 17.2 Å². The van der Waals surface area contributed by atoms with Crippen LogP contribution in [0, 0.1) is 6.92 Å². The largest absolute Gasteiger partial charge is 0.872 e. The molecule has 1 atom stereocenters. The summed E-state index contributed by atoms with van der Waals surface area (Å²) in [5, 5.41) is 13.9. The number of morpholine rings is 1. The lowest BCUT2D eigenvalue weighted by atomic mass is 9.93. The Morgan fingerprint density at radius 3 is 2.49 bits per heavy atom. The van der Waals surface area contributed by atoms with Crippen molar-refractivity contribution in [3.05, 3.63) is 58.7 Å². The van der Waals surface area contributed by atoms with Crippen LogP contribution in [0.15, 0.2) is 42.0 Å². The Hall–Kier alpha value is -3.56. The van der Waals surface area contributed by atoms with Crippen molar-refractivity contribution in [2.45, 2.75) is 19.4 Å². The van der Waals surface area contributed by atoms with Gasteiger partial charge in [-0.3, -0.25) is 9.59 Å². The summed E-state index contributed by atoms with van der Waals surface area (Å²) in [6, 6.07) is 9.42. The molecule has 2 heterocycles. The molecule has 198 valence electrons. The highest BCUT2D eigenvalue weighted by atomic mass is 16.5. The van der Waals surface area contributed by atoms with Crippen molar-refractivity contribution in [1.82, 2.24) is 4.90 Å². The average molecular weight is 511 g/mol. The first kappa shape index (κ1) is 26.5. The Kier molecular flexibility index (Phi) is 8.35. The zero-order valence-corrected chi connectivity index (χ0v) is 21.8. The molecule has 2 aromatic carbocycles. The fourth-order valence-corrected chi connectivity index (χ4v) is 5.12. The molecule has 0 aromatic heterocycles. The summed E-state index contributed by atoms with van der Waals surface area (Å²) in [5.41, 5.74) is 1.46. The number of methoxy groups -OCH3 is 3. The second-order valence-electron chi connectivity index (χ2n) is 9.20. The van der Waals surface area contributed by atoms with E-state index >= 15 is 0 Å². The minimum absolute atomic E-state index is 0.0801. The third kappa shape index (κ3) is 5.28. The van der Waals surface area contributed by atoms with Crippen molar-refractivity contribution in [3.8, 4) is 17.2 Å². The topological polar surface area (TPSA) is 102 Å². The number of nitrogens with one attached hydrogen (secondary N) is 1. The molecule has 4 rings (SSSR count). The van der Waals surface area contributed by atoms with Crippen LogP contribution >= 0.6 is 0 Å². The Bertz CT molecular complexity index is 1190. The van der Waals surface area contributed by atoms with E-state index in [1.54, 1.807) is 50.4 Å². The van der Waals surface area contributed by atoms with E-state index in [1.807, 2.05) is 0 Å². The van der Waals surface area contributed by atoms with E-state index < -0.39 is 23.5 Å². The summed E-state index contributed by atoms with van der Waals surface area (Å²) in [5.74, 6) is -0.494. The number of amides is 1. The number of quaternary nitrogens is 1. The van der Waals surface area contributed by atoms with Gasteiger partial charge in [0.2, 0.25) is 5.78 Å². The van der Waals surface area contributed by atoms with Gasteiger partial charge in [0.05, 0.1) is 47.1 Å². The number of carbonyl (C=O) groups excluding carboxylic acids is 2. The number of Topliss-reactive ketones (excluding diaryl/α,β-unsaturated/α-hetero) is 1. The van der Waals surface area contributed by atoms with Gasteiger partial charge in [0, 0.05) is 24.1 Å². The molecule has 2 aliphatic heterocycles. The minimum atomic E-state index is -0.890. The highest BCUT2D eigenvalue weighted by Crippen LogP contribution is 2.45. The van der Waals surface area contributed by atoms with Crippen LogP contribution in [0.2, 0.25) is 0 Å². The van der Waals surface area contributed by atoms with E-state index in [4.69, 9.17) is 18.9 Å². The van der Waals surface area contributed by atoms with Gasteiger partial charge in [-0.1, -0.05) is 24.0 Å². The SMILES string of the molecule is COc1ccc(C([O-])=C2C(=O)C(=O)N(CCC[NH+]3CCOCC3)C2c2cccc(OC)c2OC)c(C)c1. The molecule has 37 heavy (non-hydrogen) atoms. The van der Waals surface area contributed by atoms with Crippen molar-refractivity contribution in [2.24, 2.45) is 0 Å². The van der Waals surface area contributed by atoms with E-state index in [0.29, 0.717) is 60.1 Å². The molecule has 2 saturated heterocycles. The minimum Gasteiger partial charge on any atom is -0.872 e. The maximum absolute atomic E-state index is 13.9. The first-order valence-electron chi connectivity index (χ1n) is 12.4. The van der Waals surface area contributed by atoms with Crippen LogP contribution in [-0.2, 0) is 14.3 Å². The van der Waals surface area contributed by atoms with Crippen LogP contribution in [0.4, 0.5) is 0 Å². The molecule has 2 fully saturated rings. The number of nitrogens with zero attached hydrogens (tertiary/aromatic N) is 1. The average Bonchev–Trinajstić information content (AvgIpc) is 3.17. The molecule has 9 heteroatoms. The Morgan fingerprint density at radius 1 is 1.08 bits per heavy atom. The van der Waals surface area contributed by atoms with Crippen molar-refractivity contribution in [2.75, 3.05) is 60.7 Å². The van der Waals surface area contributed by atoms with Crippen molar-refractivity contribution in [3.63, 3.8) is 0 Å². The van der Waals surface area contributed by atoms with Crippen LogP contribution in [-0.4, -0.2) is 77.3 Å². The number of ether oxygens (including phenoxy) is 4. The zero-order valence-electron chi connectivity index (χ0n) is 21.8. The van der Waals surface area contributed by atoms with E-state index in [-0.39, 0.29) is 5.57 Å². The van der Waals surface area contributed by atoms with Crippen molar-refractivity contribution < 1.29 is 38.5 Å². The van der Waals surface area contributed by atoms with E-state index in [0.717, 1.165) is 19.6 Å². The lowest BCUT2D eigenvalue weighted by Crippen LogP contribution is -3.14. The van der Waals surface area contributed by atoms with Gasteiger partial charge in [0.1, 0.15) is 18.8 Å². The van der Waals surface area contributed by atoms with Gasteiger partial charge in [-0.05, 0) is 36.2 Å². The molecule has 0 aliphatic carbocycles. The van der Waals surface area contributed by atoms with Gasteiger partial charge < -0.3 is 33.9 Å². The lowest BCUT2D eigenvalue weighted by Gasteiger charge is -2.30. The predicted octanol–water partition coefficient (Wildman–Crippen LogP) is 0.550. The first-order valence-corrected chi connectivity index (χ1v) is 12.4. The highest BCUT2D eigenvalue weighted by Gasteiger charge is 2.45. The zero-order chi connectivity index (χ0) is 26.5. The van der Waals surface area contributed by atoms with E-state index in [9.17, 15) is 14.7 Å². The van der Waals surface area contributed by atoms with Crippen LogP contribution in [0.3, 0.4) is 0 Å². The third-order valence-electron chi connectivity index (χ3n) is 7.06. The second-order valence-corrected chi connectivity index (χ2v) is 9.20. The first-order chi connectivity index (χ1) is 17.9. The Labute approximate surface area is 217 Å². The summed E-state index contributed by atoms with van der Waals surface area (Å²) >= 11 is 0. The van der Waals surface area contributed by atoms with Crippen LogP contribution < -0.4 is 24.2 Å². The maximum atomic E-state index is 13.9. The van der Waals surface area contributed by atoms with E-state index in [1.165, 1.54) is 24.0 Å². The van der Waals surface area contributed by atoms with Crippen LogP contribution in [0.1, 0.15) is 29.2 Å². The number of ketones is 1. The fourth-order valence-electron chi connectivity index (χ4n) is 5.12. The summed E-state index contributed by atoms with van der Waals surface area (Å²) in [4.78, 5) is 29.6. The molecule has 0 saturated carbocycles. The number of benzene rings is 2. The molecule has 1 N–H and O–H groups in total. The van der Waals surface area contributed by atoms with Crippen molar-refractivity contribution in [1.29, 1.82) is 0 Å². The number of para-hydroxylation sites is 1. The van der Waals surface area contributed by atoms with Gasteiger partial charge in [-0.2, -0.15) is 0 Å². The number of aryl methyl sites for hydroxylation is 1. The van der Waals surface area contributed by atoms with Gasteiger partial charge in [0.25, 0.3) is 5.91 Å². The molecule has 9 nitrogen and oxygen atoms in total. The number of likely N-dealkylation sites (tertiary alicyclic amines) is 1. The standard InChI is InChI=1S/C28H34N2O7/c1-18-17-19(34-2)9-10-20(18)25(31)23-24(21-7-5-8-22(35-3)27(21)36-4)30(28(33)26(23)32)12-6-11-29-13-15-37-16-14-29/h5,7-10,17,24,31H,6,11-16H2,1-4H3.